The summed E-state index contributed by atoms with van der Waals surface area (Å²) < 4.78 is 0. The van der Waals surface area contributed by atoms with Crippen LogP contribution in [0.25, 0.3) is 0 Å². The molecular formula is C7H12N4O. The van der Waals surface area contributed by atoms with E-state index in [1.54, 1.807) is 19.3 Å². The van der Waals surface area contributed by atoms with Crippen molar-refractivity contribution < 1.29 is 4.79 Å². The predicted octanol–water partition coefficient (Wildman–Crippen LogP) is -0.0570. The molecule has 4 N–H and O–H groups in total. The second kappa shape index (κ2) is 3.87. The summed E-state index contributed by atoms with van der Waals surface area (Å²) in [5, 5.41) is 8.95. The van der Waals surface area contributed by atoms with Crippen molar-refractivity contribution in [2.24, 2.45) is 11.7 Å². The van der Waals surface area contributed by atoms with E-state index in [1.807, 2.05) is 0 Å². The van der Waals surface area contributed by atoms with Gasteiger partial charge in [0.1, 0.15) is 0 Å². The summed E-state index contributed by atoms with van der Waals surface area (Å²) in [6.45, 7) is 2.12. The summed E-state index contributed by atoms with van der Waals surface area (Å²) in [5.74, 6) is -0.251. The van der Waals surface area contributed by atoms with Crippen LogP contribution in [0.1, 0.15) is 6.92 Å². The number of carbonyl (C=O) groups is 1. The fourth-order valence-electron chi connectivity index (χ4n) is 0.692. The van der Waals surface area contributed by atoms with Crippen LogP contribution in [0.4, 0.5) is 5.69 Å². The van der Waals surface area contributed by atoms with Gasteiger partial charge in [-0.05, 0) is 0 Å². The Hall–Kier alpha value is -1.36. The van der Waals surface area contributed by atoms with Crippen LogP contribution >= 0.6 is 0 Å². The number of carbonyl (C=O) groups excluding carboxylic acids is 1. The highest BCUT2D eigenvalue weighted by Gasteiger charge is 2.10. The summed E-state index contributed by atoms with van der Waals surface area (Å²) in [5.41, 5.74) is 5.98. The van der Waals surface area contributed by atoms with Gasteiger partial charge in [0.05, 0.1) is 11.9 Å². The van der Waals surface area contributed by atoms with Crippen LogP contribution in [-0.2, 0) is 4.79 Å². The first-order valence-electron chi connectivity index (χ1n) is 3.73. The normalized spacial score (nSPS) is 12.5. The molecule has 0 saturated heterocycles. The number of rotatable bonds is 3. The molecule has 1 aromatic rings. The van der Waals surface area contributed by atoms with Gasteiger partial charge in [-0.2, -0.15) is 5.10 Å². The van der Waals surface area contributed by atoms with Crippen LogP contribution in [0.2, 0.25) is 0 Å². The van der Waals surface area contributed by atoms with Gasteiger partial charge in [0, 0.05) is 18.7 Å². The summed E-state index contributed by atoms with van der Waals surface area (Å²) in [6, 6.07) is 0. The average molecular weight is 168 g/mol. The van der Waals surface area contributed by atoms with Crippen molar-refractivity contribution in [3.63, 3.8) is 0 Å². The molecule has 0 spiro atoms. The number of anilines is 1. The van der Waals surface area contributed by atoms with Gasteiger partial charge in [-0.15, -0.1) is 0 Å². The number of H-pyrrole nitrogens is 1. The summed E-state index contributed by atoms with van der Waals surface area (Å²) in [4.78, 5) is 11.2. The van der Waals surface area contributed by atoms with E-state index >= 15 is 0 Å². The Morgan fingerprint density at radius 3 is 3.17 bits per heavy atom. The maximum absolute atomic E-state index is 11.2. The van der Waals surface area contributed by atoms with Crippen LogP contribution in [0.3, 0.4) is 0 Å². The van der Waals surface area contributed by atoms with Crippen molar-refractivity contribution in [1.29, 1.82) is 0 Å². The highest BCUT2D eigenvalue weighted by atomic mass is 16.1. The van der Waals surface area contributed by atoms with E-state index in [1.165, 1.54) is 0 Å². The van der Waals surface area contributed by atoms with Crippen LogP contribution in [0, 0.1) is 5.92 Å². The first kappa shape index (κ1) is 8.73. The molecule has 0 bridgehead atoms. The van der Waals surface area contributed by atoms with Gasteiger partial charge < -0.3 is 11.1 Å². The van der Waals surface area contributed by atoms with Crippen molar-refractivity contribution in [1.82, 2.24) is 10.2 Å². The number of hydrogen-bond donors (Lipinski definition) is 3. The van der Waals surface area contributed by atoms with Crippen molar-refractivity contribution in [2.75, 3.05) is 11.9 Å². The molecule has 0 saturated carbocycles. The number of hydrogen-bond acceptors (Lipinski definition) is 3. The zero-order valence-corrected chi connectivity index (χ0v) is 6.87. The summed E-state index contributed by atoms with van der Waals surface area (Å²) >= 11 is 0. The van der Waals surface area contributed by atoms with E-state index in [-0.39, 0.29) is 11.8 Å². The van der Waals surface area contributed by atoms with E-state index in [4.69, 9.17) is 5.73 Å². The van der Waals surface area contributed by atoms with Gasteiger partial charge in [-0.1, -0.05) is 6.92 Å². The number of nitrogens with zero attached hydrogens (tertiary/aromatic N) is 1. The van der Waals surface area contributed by atoms with E-state index < -0.39 is 0 Å². The minimum absolute atomic E-state index is 0.0844. The molecule has 0 fully saturated rings. The molecule has 1 rings (SSSR count). The second-order valence-corrected chi connectivity index (χ2v) is 2.61. The summed E-state index contributed by atoms with van der Waals surface area (Å²) in [6.07, 6.45) is 3.16. The van der Waals surface area contributed by atoms with Gasteiger partial charge in [0.2, 0.25) is 5.91 Å². The third-order valence-electron chi connectivity index (χ3n) is 1.57. The minimum Gasteiger partial charge on any atom is -0.330 e. The lowest BCUT2D eigenvalue weighted by molar-refractivity contribution is -0.119. The summed E-state index contributed by atoms with van der Waals surface area (Å²) in [7, 11) is 0. The molecule has 0 aliphatic carbocycles. The quantitative estimate of drug-likeness (QED) is 0.591. The Labute approximate surface area is 70.3 Å². The lowest BCUT2D eigenvalue weighted by atomic mass is 10.2. The Morgan fingerprint density at radius 1 is 1.92 bits per heavy atom. The van der Waals surface area contributed by atoms with E-state index in [2.05, 4.69) is 15.5 Å². The number of amides is 1. The van der Waals surface area contributed by atoms with Crippen molar-refractivity contribution in [3.8, 4) is 0 Å². The van der Waals surface area contributed by atoms with Crippen LogP contribution < -0.4 is 11.1 Å². The molecule has 0 aliphatic rings. The van der Waals surface area contributed by atoms with Crippen molar-refractivity contribution in [2.45, 2.75) is 6.92 Å². The number of nitrogens with two attached hydrogens (primary N) is 1. The third-order valence-corrected chi connectivity index (χ3v) is 1.57. The Balaban J connectivity index is 2.47. The Kier molecular flexibility index (Phi) is 2.82. The van der Waals surface area contributed by atoms with Crippen LogP contribution in [-0.4, -0.2) is 22.6 Å². The van der Waals surface area contributed by atoms with Crippen LogP contribution in [0.5, 0.6) is 0 Å². The SMILES string of the molecule is CC(CN)C(=O)Nc1cn[nH]c1. The predicted molar refractivity (Wildman–Crippen MR) is 45.4 cm³/mol. The topological polar surface area (TPSA) is 83.8 Å². The molecule has 1 unspecified atom stereocenters. The monoisotopic (exact) mass is 168 g/mol. The molecule has 5 nitrogen and oxygen atoms in total. The average Bonchev–Trinajstić information content (AvgIpc) is 2.55. The first-order valence-corrected chi connectivity index (χ1v) is 3.73. The fourth-order valence-corrected chi connectivity index (χ4v) is 0.692. The molecule has 1 amide bonds. The number of aromatic nitrogens is 2. The fraction of sp³-hybridized carbons (Fsp3) is 0.429. The van der Waals surface area contributed by atoms with Crippen molar-refractivity contribution >= 4 is 11.6 Å². The smallest absolute Gasteiger partial charge is 0.228 e. The van der Waals surface area contributed by atoms with Gasteiger partial charge in [0.15, 0.2) is 0 Å². The number of aromatic amines is 1. The Morgan fingerprint density at radius 2 is 2.67 bits per heavy atom. The molecule has 1 heterocycles. The molecule has 5 heteroatoms. The minimum atomic E-state index is -0.167. The van der Waals surface area contributed by atoms with Gasteiger partial charge >= 0.3 is 0 Å². The zero-order valence-electron chi connectivity index (χ0n) is 6.87. The molecule has 0 aromatic carbocycles. The molecule has 0 radical (unpaired) electrons. The largest absolute Gasteiger partial charge is 0.330 e. The maximum Gasteiger partial charge on any atom is 0.228 e. The van der Waals surface area contributed by atoms with Gasteiger partial charge in [0.25, 0.3) is 0 Å². The molecule has 66 valence electrons. The van der Waals surface area contributed by atoms with E-state index in [9.17, 15) is 4.79 Å². The maximum atomic E-state index is 11.2. The van der Waals surface area contributed by atoms with Crippen molar-refractivity contribution in [3.05, 3.63) is 12.4 Å². The van der Waals surface area contributed by atoms with Gasteiger partial charge in [-0.25, -0.2) is 0 Å². The highest BCUT2D eigenvalue weighted by Crippen LogP contribution is 2.03. The number of nitrogens with one attached hydrogen (secondary N) is 2. The molecular weight excluding hydrogens is 156 g/mol. The van der Waals surface area contributed by atoms with E-state index in [0.29, 0.717) is 12.2 Å². The Bertz CT molecular complexity index is 244. The second-order valence-electron chi connectivity index (χ2n) is 2.61. The molecule has 1 atom stereocenters. The molecule has 1 aromatic heterocycles. The standard InChI is InChI=1S/C7H12N4O/c1-5(2-8)7(12)11-6-3-9-10-4-6/h3-5H,2,8H2,1H3,(H,9,10)(H,11,12). The third kappa shape index (κ3) is 2.06. The van der Waals surface area contributed by atoms with Gasteiger partial charge in [-0.3, -0.25) is 9.89 Å². The first-order chi connectivity index (χ1) is 5.74. The van der Waals surface area contributed by atoms with Crippen LogP contribution in [0.15, 0.2) is 12.4 Å². The highest BCUT2D eigenvalue weighted by molar-refractivity contribution is 5.92. The molecule has 12 heavy (non-hydrogen) atoms. The zero-order chi connectivity index (χ0) is 8.97. The van der Waals surface area contributed by atoms with E-state index in [0.717, 1.165) is 0 Å². The lowest BCUT2D eigenvalue weighted by Gasteiger charge is -2.06. The lowest BCUT2D eigenvalue weighted by Crippen LogP contribution is -2.26. The molecule has 0 aliphatic heterocycles.